The molecule has 0 bridgehead atoms. The van der Waals surface area contributed by atoms with Crippen LogP contribution in [0.4, 0.5) is 0 Å². The Morgan fingerprint density at radius 1 is 1.41 bits per heavy atom. The monoisotopic (exact) mass is 280 g/mol. The van der Waals surface area contributed by atoms with E-state index in [2.05, 4.69) is 5.32 Å². The first kappa shape index (κ1) is 14.5. The fraction of sp³-hybridized carbons (Fsp3) is 0.778. The average molecular weight is 280 g/mol. The summed E-state index contributed by atoms with van der Waals surface area (Å²) in [5.74, 6) is -0.307. The van der Waals surface area contributed by atoms with Gasteiger partial charge in [-0.25, -0.2) is 8.51 Å². The lowest BCUT2D eigenvalue weighted by Gasteiger charge is -2.13. The second-order valence-corrected chi connectivity index (χ2v) is 6.10. The number of hydrogen-bond acceptors (Lipinski definition) is 4. The lowest BCUT2D eigenvalue weighted by atomic mass is 10.4. The molecule has 1 heterocycles. The molecule has 2 N–H and O–H groups in total. The first-order valence-corrected chi connectivity index (χ1v) is 7.72. The first-order chi connectivity index (χ1) is 8.09. The first-order valence-electron chi connectivity index (χ1n) is 5.29. The number of carbonyl (C=O) groups excluding carboxylic acids is 1. The van der Waals surface area contributed by atoms with Gasteiger partial charge >= 0.3 is 5.97 Å². The second-order valence-electron chi connectivity index (χ2n) is 3.54. The molecular weight excluding hydrogens is 264 g/mol. The third-order valence-electron chi connectivity index (χ3n) is 2.16. The lowest BCUT2D eigenvalue weighted by molar-refractivity contribution is -0.133. The van der Waals surface area contributed by atoms with Gasteiger partial charge in [-0.05, 0) is 6.42 Å². The predicted molar refractivity (Wildman–Crippen MR) is 67.2 cm³/mol. The third-order valence-corrected chi connectivity index (χ3v) is 4.65. The van der Waals surface area contributed by atoms with E-state index in [9.17, 15) is 13.8 Å². The molecule has 1 amide bonds. The number of nitrogens with one attached hydrogen (secondary N) is 1. The number of aliphatic carboxylic acids is 1. The molecule has 0 aromatic heterocycles. The molecule has 1 aliphatic heterocycles. The van der Waals surface area contributed by atoms with Crippen LogP contribution >= 0.6 is 11.8 Å². The van der Waals surface area contributed by atoms with Gasteiger partial charge in [0.15, 0.2) is 0 Å². The maximum Gasteiger partial charge on any atom is 0.313 e. The molecule has 17 heavy (non-hydrogen) atoms. The topological polar surface area (TPSA) is 86.7 Å². The summed E-state index contributed by atoms with van der Waals surface area (Å²) in [6, 6.07) is 0. The van der Waals surface area contributed by atoms with Gasteiger partial charge in [0.2, 0.25) is 5.91 Å². The van der Waals surface area contributed by atoms with Crippen LogP contribution in [-0.4, -0.2) is 62.4 Å². The van der Waals surface area contributed by atoms with E-state index in [0.29, 0.717) is 18.8 Å². The Bertz CT molecular complexity index is 311. The largest absolute Gasteiger partial charge is 0.481 e. The van der Waals surface area contributed by atoms with E-state index in [-0.39, 0.29) is 17.4 Å². The molecule has 0 spiro atoms. The Morgan fingerprint density at radius 3 is 2.76 bits per heavy atom. The smallest absolute Gasteiger partial charge is 0.313 e. The van der Waals surface area contributed by atoms with Crippen molar-refractivity contribution in [2.75, 3.05) is 36.9 Å². The summed E-state index contributed by atoms with van der Waals surface area (Å²) in [6.07, 6.45) is 0.940. The van der Waals surface area contributed by atoms with Crippen LogP contribution in [0, 0.1) is 0 Å². The summed E-state index contributed by atoms with van der Waals surface area (Å²) in [4.78, 5) is 21.5. The highest BCUT2D eigenvalue weighted by atomic mass is 32.2. The van der Waals surface area contributed by atoms with Crippen molar-refractivity contribution in [2.45, 2.75) is 6.42 Å². The minimum absolute atomic E-state index is 0.0659. The minimum Gasteiger partial charge on any atom is -0.481 e. The Labute approximate surface area is 107 Å². The summed E-state index contributed by atoms with van der Waals surface area (Å²) in [6.45, 7) is 1.86. The SMILES string of the molecule is O=C(O)CSCC(=O)NCCN1CCCS1=O. The summed E-state index contributed by atoms with van der Waals surface area (Å²) in [5, 5.41) is 11.1. The summed E-state index contributed by atoms with van der Waals surface area (Å²) < 4.78 is 13.2. The second kappa shape index (κ2) is 7.67. The standard InChI is InChI=1S/C9H16N2O4S2/c12-8(6-16-7-9(13)14)10-2-4-11-3-1-5-17(11)15/h1-7H2,(H,10,12)(H,13,14). The number of thioether (sulfide) groups is 1. The highest BCUT2D eigenvalue weighted by Crippen LogP contribution is 2.07. The molecule has 1 fully saturated rings. The number of rotatable bonds is 7. The fourth-order valence-electron chi connectivity index (χ4n) is 1.41. The van der Waals surface area contributed by atoms with Crippen molar-refractivity contribution in [1.82, 2.24) is 9.62 Å². The van der Waals surface area contributed by atoms with E-state index < -0.39 is 17.0 Å². The molecular formula is C9H16N2O4S2. The molecule has 0 aromatic carbocycles. The van der Waals surface area contributed by atoms with E-state index in [1.807, 2.05) is 4.31 Å². The molecule has 1 saturated heterocycles. The van der Waals surface area contributed by atoms with Crippen LogP contribution in [0.25, 0.3) is 0 Å². The number of hydrogen-bond donors (Lipinski definition) is 2. The molecule has 6 nitrogen and oxygen atoms in total. The molecule has 1 rings (SSSR count). The van der Waals surface area contributed by atoms with Gasteiger partial charge < -0.3 is 10.4 Å². The Morgan fingerprint density at radius 2 is 2.18 bits per heavy atom. The zero-order valence-electron chi connectivity index (χ0n) is 9.39. The van der Waals surface area contributed by atoms with E-state index in [0.717, 1.165) is 24.7 Å². The molecule has 0 saturated carbocycles. The normalized spacial score (nSPS) is 20.4. The van der Waals surface area contributed by atoms with Gasteiger partial charge in [0.1, 0.15) is 0 Å². The zero-order valence-corrected chi connectivity index (χ0v) is 11.0. The van der Waals surface area contributed by atoms with Gasteiger partial charge in [0, 0.05) is 25.4 Å². The Hall–Kier alpha value is -0.600. The van der Waals surface area contributed by atoms with Gasteiger partial charge in [-0.15, -0.1) is 11.8 Å². The van der Waals surface area contributed by atoms with Crippen molar-refractivity contribution >= 4 is 34.6 Å². The molecule has 1 atom stereocenters. The van der Waals surface area contributed by atoms with E-state index in [4.69, 9.17) is 5.11 Å². The van der Waals surface area contributed by atoms with E-state index in [1.54, 1.807) is 0 Å². The fourth-order valence-corrected chi connectivity index (χ4v) is 3.24. The number of amides is 1. The quantitative estimate of drug-likeness (QED) is 0.643. The average Bonchev–Trinajstić information content (AvgIpc) is 2.64. The van der Waals surface area contributed by atoms with E-state index in [1.165, 1.54) is 0 Å². The van der Waals surface area contributed by atoms with Gasteiger partial charge in [0.25, 0.3) is 0 Å². The van der Waals surface area contributed by atoms with Crippen LogP contribution in [0.2, 0.25) is 0 Å². The van der Waals surface area contributed by atoms with Gasteiger partial charge in [-0.3, -0.25) is 9.59 Å². The van der Waals surface area contributed by atoms with Crippen molar-refractivity contribution in [3.63, 3.8) is 0 Å². The Balaban J connectivity index is 2.03. The lowest BCUT2D eigenvalue weighted by Crippen LogP contribution is -2.34. The van der Waals surface area contributed by atoms with Crippen molar-refractivity contribution < 1.29 is 18.9 Å². The zero-order chi connectivity index (χ0) is 12.7. The van der Waals surface area contributed by atoms with Crippen molar-refractivity contribution in [1.29, 1.82) is 0 Å². The number of carboxylic acid groups (broad SMARTS) is 1. The highest BCUT2D eigenvalue weighted by molar-refractivity contribution is 8.00. The van der Waals surface area contributed by atoms with Crippen molar-refractivity contribution in [3.05, 3.63) is 0 Å². The Kier molecular flexibility index (Phi) is 6.53. The maximum absolute atomic E-state index is 11.4. The third kappa shape index (κ3) is 6.04. The van der Waals surface area contributed by atoms with Crippen LogP contribution in [0.5, 0.6) is 0 Å². The molecule has 8 heteroatoms. The van der Waals surface area contributed by atoms with Crippen molar-refractivity contribution in [2.24, 2.45) is 0 Å². The van der Waals surface area contributed by atoms with Crippen LogP contribution in [0.15, 0.2) is 0 Å². The minimum atomic E-state index is -0.921. The molecule has 0 radical (unpaired) electrons. The maximum atomic E-state index is 11.4. The molecule has 0 aromatic rings. The van der Waals surface area contributed by atoms with Crippen molar-refractivity contribution in [3.8, 4) is 0 Å². The molecule has 98 valence electrons. The number of carbonyl (C=O) groups is 2. The molecule has 0 aliphatic carbocycles. The summed E-state index contributed by atoms with van der Waals surface area (Å²) in [5.41, 5.74) is 0. The molecule has 1 aliphatic rings. The van der Waals surface area contributed by atoms with Crippen LogP contribution in [-0.2, 0) is 20.6 Å². The van der Waals surface area contributed by atoms with Gasteiger partial charge in [0.05, 0.1) is 22.5 Å². The molecule has 1 unspecified atom stereocenters. The van der Waals surface area contributed by atoms with Crippen LogP contribution in [0.3, 0.4) is 0 Å². The van der Waals surface area contributed by atoms with Crippen LogP contribution in [0.1, 0.15) is 6.42 Å². The van der Waals surface area contributed by atoms with Gasteiger partial charge in [-0.2, -0.15) is 0 Å². The number of nitrogens with zero attached hydrogens (tertiary/aromatic N) is 1. The van der Waals surface area contributed by atoms with Gasteiger partial charge in [-0.1, -0.05) is 0 Å². The predicted octanol–water partition coefficient (Wildman–Crippen LogP) is -0.710. The number of carboxylic acids is 1. The summed E-state index contributed by atoms with van der Waals surface area (Å²) >= 11 is 1.07. The highest BCUT2D eigenvalue weighted by Gasteiger charge is 2.19. The van der Waals surface area contributed by atoms with Crippen LogP contribution < -0.4 is 5.32 Å². The van der Waals surface area contributed by atoms with E-state index >= 15 is 0 Å². The summed E-state index contributed by atoms with van der Waals surface area (Å²) in [7, 11) is -0.888.